The minimum Gasteiger partial charge on any atom is -0.389 e. The molecule has 0 fully saturated rings. The molecule has 0 aliphatic carbocycles. The van der Waals surface area contributed by atoms with Crippen molar-refractivity contribution in [3.05, 3.63) is 47.6 Å². The van der Waals surface area contributed by atoms with Gasteiger partial charge < -0.3 is 10.3 Å². The average molecular weight is 315 g/mol. The Balaban J connectivity index is 2.25. The van der Waals surface area contributed by atoms with Gasteiger partial charge in [0, 0.05) is 11.6 Å². The summed E-state index contributed by atoms with van der Waals surface area (Å²) in [5, 5.41) is 3.45. The van der Waals surface area contributed by atoms with Gasteiger partial charge in [0.25, 0.3) is 0 Å². The monoisotopic (exact) mass is 315 g/mol. The first kappa shape index (κ1) is 14.6. The van der Waals surface area contributed by atoms with E-state index in [9.17, 15) is 12.8 Å². The fourth-order valence-electron chi connectivity index (χ4n) is 1.44. The second kappa shape index (κ2) is 5.65. The Bertz CT molecular complexity index is 729. The largest absolute Gasteiger partial charge is 0.389 e. The van der Waals surface area contributed by atoms with E-state index in [1.165, 1.54) is 12.3 Å². The predicted octanol–water partition coefficient (Wildman–Crippen LogP) is 0.926. The van der Waals surface area contributed by atoms with Gasteiger partial charge in [-0.05, 0) is 18.2 Å². The number of hydrogen-bond acceptors (Lipinski definition) is 5. The molecule has 0 saturated heterocycles. The highest BCUT2D eigenvalue weighted by Gasteiger charge is 2.17. The zero-order chi connectivity index (χ0) is 14.8. The number of nitrogens with zero attached hydrogens (tertiary/aromatic N) is 1. The first-order chi connectivity index (χ1) is 9.40. The Kier molecular flexibility index (Phi) is 4.12. The van der Waals surface area contributed by atoms with Crippen molar-refractivity contribution < 1.29 is 17.3 Å². The van der Waals surface area contributed by atoms with Crippen molar-refractivity contribution >= 4 is 27.2 Å². The molecule has 2 rings (SSSR count). The molecule has 1 aromatic carbocycles. The summed E-state index contributed by atoms with van der Waals surface area (Å²) in [5.41, 5.74) is 5.21. The van der Waals surface area contributed by atoms with Crippen LogP contribution in [-0.2, 0) is 16.6 Å². The van der Waals surface area contributed by atoms with Gasteiger partial charge in [-0.25, -0.2) is 17.5 Å². The molecule has 1 aromatic heterocycles. The van der Waals surface area contributed by atoms with E-state index >= 15 is 0 Å². The van der Waals surface area contributed by atoms with E-state index in [-0.39, 0.29) is 22.0 Å². The third-order valence-corrected chi connectivity index (χ3v) is 4.06. The summed E-state index contributed by atoms with van der Waals surface area (Å²) in [5.74, 6) is -0.322. The number of benzene rings is 1. The van der Waals surface area contributed by atoms with Crippen molar-refractivity contribution in [2.24, 2.45) is 5.73 Å². The second-order valence-corrected chi connectivity index (χ2v) is 6.02. The SMILES string of the molecule is NC(=S)c1cc(S(=O)(=O)NCc2ccno2)ccc1F. The molecule has 6 nitrogen and oxygen atoms in total. The number of aromatic nitrogens is 1. The molecular weight excluding hydrogens is 305 g/mol. The summed E-state index contributed by atoms with van der Waals surface area (Å²) in [4.78, 5) is -0.351. The Morgan fingerprint density at radius 3 is 2.80 bits per heavy atom. The molecule has 0 spiro atoms. The maximum Gasteiger partial charge on any atom is 0.241 e. The smallest absolute Gasteiger partial charge is 0.241 e. The van der Waals surface area contributed by atoms with Gasteiger partial charge in [-0.3, -0.25) is 0 Å². The topological polar surface area (TPSA) is 98.2 Å². The van der Waals surface area contributed by atoms with Crippen molar-refractivity contribution in [2.45, 2.75) is 11.4 Å². The molecule has 2 aromatic rings. The normalized spacial score (nSPS) is 11.4. The van der Waals surface area contributed by atoms with Gasteiger partial charge in [0.2, 0.25) is 10.0 Å². The van der Waals surface area contributed by atoms with Crippen LogP contribution in [0.3, 0.4) is 0 Å². The summed E-state index contributed by atoms with van der Waals surface area (Å²) in [6.07, 6.45) is 1.40. The van der Waals surface area contributed by atoms with Crippen molar-refractivity contribution in [3.8, 4) is 0 Å². The van der Waals surface area contributed by atoms with Gasteiger partial charge in [-0.2, -0.15) is 0 Å². The zero-order valence-electron chi connectivity index (χ0n) is 10.0. The number of nitrogens with one attached hydrogen (secondary N) is 1. The first-order valence-corrected chi connectivity index (χ1v) is 7.28. The molecular formula is C11H10FN3O3S2. The molecule has 0 atom stereocenters. The predicted molar refractivity (Wildman–Crippen MR) is 72.8 cm³/mol. The van der Waals surface area contributed by atoms with Crippen molar-refractivity contribution in [1.29, 1.82) is 0 Å². The number of halogens is 1. The number of nitrogens with two attached hydrogens (primary N) is 1. The zero-order valence-corrected chi connectivity index (χ0v) is 11.7. The van der Waals surface area contributed by atoms with Crippen LogP contribution < -0.4 is 10.5 Å². The molecule has 0 unspecified atom stereocenters. The second-order valence-electron chi connectivity index (χ2n) is 3.81. The number of sulfonamides is 1. The van der Waals surface area contributed by atoms with Gasteiger partial charge in [-0.15, -0.1) is 0 Å². The van der Waals surface area contributed by atoms with E-state index in [1.54, 1.807) is 0 Å². The molecule has 0 saturated carbocycles. The third-order valence-electron chi connectivity index (χ3n) is 2.44. The van der Waals surface area contributed by atoms with Gasteiger partial charge in [0.1, 0.15) is 10.8 Å². The van der Waals surface area contributed by atoms with E-state index in [0.29, 0.717) is 5.76 Å². The fourth-order valence-corrected chi connectivity index (χ4v) is 2.62. The minimum absolute atomic E-state index is 0.0673. The molecule has 9 heteroatoms. The summed E-state index contributed by atoms with van der Waals surface area (Å²) in [6.45, 7) is -0.0673. The molecule has 0 bridgehead atoms. The molecule has 3 N–H and O–H groups in total. The van der Waals surface area contributed by atoms with E-state index in [4.69, 9.17) is 10.3 Å². The van der Waals surface area contributed by atoms with E-state index < -0.39 is 15.8 Å². The highest BCUT2D eigenvalue weighted by Crippen LogP contribution is 2.15. The van der Waals surface area contributed by atoms with E-state index in [1.807, 2.05) is 0 Å². The van der Waals surface area contributed by atoms with E-state index in [2.05, 4.69) is 22.1 Å². The lowest BCUT2D eigenvalue weighted by molar-refractivity contribution is 0.380. The number of rotatable bonds is 5. The molecule has 0 radical (unpaired) electrons. The lowest BCUT2D eigenvalue weighted by Crippen LogP contribution is -2.24. The highest BCUT2D eigenvalue weighted by atomic mass is 32.2. The molecule has 1 heterocycles. The lowest BCUT2D eigenvalue weighted by Gasteiger charge is -2.07. The van der Waals surface area contributed by atoms with Crippen molar-refractivity contribution in [1.82, 2.24) is 9.88 Å². The van der Waals surface area contributed by atoms with Crippen LogP contribution in [0.2, 0.25) is 0 Å². The van der Waals surface area contributed by atoms with Gasteiger partial charge in [0.05, 0.1) is 17.6 Å². The van der Waals surface area contributed by atoms with Gasteiger partial charge >= 0.3 is 0 Å². The Morgan fingerprint density at radius 1 is 1.45 bits per heavy atom. The maximum atomic E-state index is 13.4. The van der Waals surface area contributed by atoms with E-state index in [0.717, 1.165) is 18.2 Å². The Morgan fingerprint density at radius 2 is 2.20 bits per heavy atom. The average Bonchev–Trinajstić information content (AvgIpc) is 2.89. The van der Waals surface area contributed by atoms with Crippen LogP contribution in [0.5, 0.6) is 0 Å². The van der Waals surface area contributed by atoms with Crippen molar-refractivity contribution in [3.63, 3.8) is 0 Å². The highest BCUT2D eigenvalue weighted by molar-refractivity contribution is 7.89. The lowest BCUT2D eigenvalue weighted by atomic mass is 10.2. The summed E-state index contributed by atoms with van der Waals surface area (Å²) in [7, 11) is -3.83. The van der Waals surface area contributed by atoms with Crippen molar-refractivity contribution in [2.75, 3.05) is 0 Å². The van der Waals surface area contributed by atoms with Crippen LogP contribution in [0.4, 0.5) is 4.39 Å². The van der Waals surface area contributed by atoms with Gasteiger partial charge in [-0.1, -0.05) is 17.4 Å². The van der Waals surface area contributed by atoms with Crippen LogP contribution >= 0.6 is 12.2 Å². The standard InChI is InChI=1S/C11H10FN3O3S2/c12-10-2-1-8(5-9(10)11(13)19)20(16,17)15-6-7-3-4-14-18-7/h1-5,15H,6H2,(H2,13,19). The van der Waals surface area contributed by atoms with Crippen LogP contribution in [0.15, 0.2) is 39.9 Å². The van der Waals surface area contributed by atoms with Crippen LogP contribution in [0, 0.1) is 5.82 Å². The van der Waals surface area contributed by atoms with Gasteiger partial charge in [0.15, 0.2) is 5.76 Å². The van der Waals surface area contributed by atoms with Crippen LogP contribution in [0.25, 0.3) is 0 Å². The molecule has 106 valence electrons. The Labute approximate surface area is 119 Å². The molecule has 0 aliphatic rings. The van der Waals surface area contributed by atoms with Crippen LogP contribution in [-0.4, -0.2) is 18.6 Å². The maximum absolute atomic E-state index is 13.4. The quantitative estimate of drug-likeness (QED) is 0.796. The minimum atomic E-state index is -3.83. The fraction of sp³-hybridized carbons (Fsp3) is 0.0909. The number of thiocarbonyl (C=S) groups is 1. The number of hydrogen-bond donors (Lipinski definition) is 2. The molecule has 0 aliphatic heterocycles. The summed E-state index contributed by atoms with van der Waals surface area (Å²) < 4.78 is 44.5. The molecule has 20 heavy (non-hydrogen) atoms. The Hall–Kier alpha value is -1.84. The summed E-state index contributed by atoms with van der Waals surface area (Å²) >= 11 is 4.66. The molecule has 0 amide bonds. The first-order valence-electron chi connectivity index (χ1n) is 5.39. The van der Waals surface area contributed by atoms with Crippen LogP contribution in [0.1, 0.15) is 11.3 Å². The third kappa shape index (κ3) is 3.18. The summed E-state index contributed by atoms with van der Waals surface area (Å²) in [6, 6.07) is 4.73.